The van der Waals surface area contributed by atoms with E-state index in [0.29, 0.717) is 16.9 Å². The van der Waals surface area contributed by atoms with Crippen LogP contribution in [-0.2, 0) is 4.79 Å². The van der Waals surface area contributed by atoms with Crippen LogP contribution in [0, 0.1) is 5.41 Å². The van der Waals surface area contributed by atoms with E-state index in [4.69, 9.17) is 21.1 Å². The molecule has 0 radical (unpaired) electrons. The standard InChI is InChI=1S/C20H29ClN2O4S2/c1-6-7-9-20(28-12-16(24)25)10-8-13(21)19(2,3)17(20)29-18-22-14(26-4)11-15(23-18)27-5/h8,10-11,13,17H,6-7,9,12H2,1-5H3,(H,24,25). The summed E-state index contributed by atoms with van der Waals surface area (Å²) < 4.78 is 10.2. The summed E-state index contributed by atoms with van der Waals surface area (Å²) in [4.78, 5) is 20.3. The molecule has 2 rings (SSSR count). The monoisotopic (exact) mass is 460 g/mol. The second-order valence-corrected chi connectivity index (χ2v) is 10.4. The van der Waals surface area contributed by atoms with E-state index in [-0.39, 0.29) is 21.8 Å². The number of halogens is 1. The van der Waals surface area contributed by atoms with Gasteiger partial charge >= 0.3 is 5.97 Å². The molecule has 1 aromatic rings. The van der Waals surface area contributed by atoms with Crippen molar-refractivity contribution in [2.45, 2.75) is 60.6 Å². The van der Waals surface area contributed by atoms with Crippen LogP contribution in [0.2, 0.25) is 0 Å². The van der Waals surface area contributed by atoms with Crippen molar-refractivity contribution in [3.63, 3.8) is 0 Å². The van der Waals surface area contributed by atoms with E-state index < -0.39 is 10.7 Å². The highest BCUT2D eigenvalue weighted by Gasteiger charge is 2.51. The van der Waals surface area contributed by atoms with E-state index in [9.17, 15) is 9.90 Å². The number of allylic oxidation sites excluding steroid dienone is 1. The highest BCUT2D eigenvalue weighted by Crippen LogP contribution is 2.55. The Morgan fingerprint density at radius 3 is 2.41 bits per heavy atom. The molecule has 1 aliphatic rings. The van der Waals surface area contributed by atoms with E-state index in [1.54, 1.807) is 20.3 Å². The molecule has 1 N–H and O–H groups in total. The van der Waals surface area contributed by atoms with Crippen LogP contribution in [0.1, 0.15) is 40.0 Å². The van der Waals surface area contributed by atoms with Crippen LogP contribution in [0.3, 0.4) is 0 Å². The maximum absolute atomic E-state index is 11.4. The van der Waals surface area contributed by atoms with Gasteiger partial charge in [0.05, 0.1) is 31.4 Å². The fourth-order valence-corrected chi connectivity index (χ4v) is 6.69. The summed E-state index contributed by atoms with van der Waals surface area (Å²) in [5.41, 5.74) is -0.320. The van der Waals surface area contributed by atoms with Gasteiger partial charge in [0.1, 0.15) is 0 Å². The molecule has 1 aromatic heterocycles. The molecule has 0 fully saturated rings. The van der Waals surface area contributed by atoms with Gasteiger partial charge in [0.25, 0.3) is 0 Å². The summed E-state index contributed by atoms with van der Waals surface area (Å²) in [6.07, 6.45) is 6.97. The third-order valence-electron chi connectivity index (χ3n) is 5.06. The van der Waals surface area contributed by atoms with Crippen LogP contribution in [0.5, 0.6) is 11.8 Å². The summed E-state index contributed by atoms with van der Waals surface area (Å²) in [5, 5.41) is 9.63. The molecule has 0 bridgehead atoms. The second-order valence-electron chi connectivity index (χ2n) is 7.56. The van der Waals surface area contributed by atoms with Gasteiger partial charge < -0.3 is 14.6 Å². The molecule has 0 spiro atoms. The van der Waals surface area contributed by atoms with Crippen LogP contribution in [0.25, 0.3) is 0 Å². The maximum Gasteiger partial charge on any atom is 0.313 e. The molecule has 3 unspecified atom stereocenters. The molecule has 6 nitrogen and oxygen atoms in total. The number of hydrogen-bond donors (Lipinski definition) is 1. The van der Waals surface area contributed by atoms with Crippen molar-refractivity contribution in [2.24, 2.45) is 5.41 Å². The first-order valence-corrected chi connectivity index (χ1v) is 11.8. The van der Waals surface area contributed by atoms with Crippen molar-refractivity contribution in [1.82, 2.24) is 9.97 Å². The van der Waals surface area contributed by atoms with Crippen LogP contribution < -0.4 is 9.47 Å². The van der Waals surface area contributed by atoms with Gasteiger partial charge in [-0.3, -0.25) is 4.79 Å². The summed E-state index contributed by atoms with van der Waals surface area (Å²) in [6.45, 7) is 6.37. The van der Waals surface area contributed by atoms with Crippen LogP contribution >= 0.6 is 35.1 Å². The summed E-state index contributed by atoms with van der Waals surface area (Å²) in [5.74, 6) is 0.0378. The predicted octanol–water partition coefficient (Wildman–Crippen LogP) is 4.90. The van der Waals surface area contributed by atoms with Crippen LogP contribution in [-0.4, -0.2) is 56.4 Å². The van der Waals surface area contributed by atoms with Crippen molar-refractivity contribution in [3.05, 3.63) is 18.2 Å². The van der Waals surface area contributed by atoms with Crippen LogP contribution in [0.4, 0.5) is 0 Å². The minimum Gasteiger partial charge on any atom is -0.481 e. The molecule has 29 heavy (non-hydrogen) atoms. The van der Waals surface area contributed by atoms with Crippen molar-refractivity contribution >= 4 is 41.1 Å². The third kappa shape index (κ3) is 5.73. The lowest BCUT2D eigenvalue weighted by molar-refractivity contribution is -0.133. The average molecular weight is 461 g/mol. The number of hydrogen-bond acceptors (Lipinski definition) is 7. The number of ether oxygens (including phenoxy) is 2. The molecule has 0 saturated carbocycles. The van der Waals surface area contributed by atoms with Gasteiger partial charge in [0.15, 0.2) is 5.16 Å². The average Bonchev–Trinajstić information content (AvgIpc) is 2.70. The summed E-state index contributed by atoms with van der Waals surface area (Å²) in [7, 11) is 3.10. The van der Waals surface area contributed by atoms with E-state index in [1.807, 2.05) is 6.08 Å². The molecule has 0 aliphatic heterocycles. The quantitative estimate of drug-likeness (QED) is 0.300. The molecule has 1 heterocycles. The van der Waals surface area contributed by atoms with E-state index >= 15 is 0 Å². The number of nitrogens with zero attached hydrogens (tertiary/aromatic N) is 2. The maximum atomic E-state index is 11.4. The number of carboxylic acids is 1. The fourth-order valence-electron chi connectivity index (χ4n) is 3.42. The molecule has 0 aromatic carbocycles. The van der Waals surface area contributed by atoms with E-state index in [0.717, 1.165) is 19.3 Å². The lowest BCUT2D eigenvalue weighted by Gasteiger charge is -2.50. The number of thioether (sulfide) groups is 2. The third-order valence-corrected chi connectivity index (χ3v) is 9.08. The van der Waals surface area contributed by atoms with E-state index in [2.05, 4.69) is 36.8 Å². The molecule has 3 atom stereocenters. The van der Waals surface area contributed by atoms with Crippen LogP contribution in [0.15, 0.2) is 23.4 Å². The predicted molar refractivity (Wildman–Crippen MR) is 120 cm³/mol. The minimum atomic E-state index is -0.826. The molecule has 162 valence electrons. The van der Waals surface area contributed by atoms with Gasteiger partial charge in [-0.15, -0.1) is 23.4 Å². The van der Waals surface area contributed by atoms with Crippen molar-refractivity contribution in [1.29, 1.82) is 0 Å². The molecular weight excluding hydrogens is 432 g/mol. The molecule has 1 aliphatic carbocycles. The lowest BCUT2D eigenvalue weighted by Crippen LogP contribution is -2.52. The zero-order valence-corrected chi connectivity index (χ0v) is 19.9. The Labute approximate surface area is 186 Å². The summed E-state index contributed by atoms with van der Waals surface area (Å²) in [6, 6.07) is 1.63. The number of methoxy groups -OCH3 is 2. The number of rotatable bonds is 10. The van der Waals surface area contributed by atoms with Crippen molar-refractivity contribution in [3.8, 4) is 11.8 Å². The van der Waals surface area contributed by atoms with Gasteiger partial charge in [-0.2, -0.15) is 9.97 Å². The molecular formula is C20H29ClN2O4S2. The first-order chi connectivity index (χ1) is 13.7. The number of alkyl halides is 1. The lowest BCUT2D eigenvalue weighted by atomic mass is 9.73. The number of aliphatic carboxylic acids is 1. The van der Waals surface area contributed by atoms with Gasteiger partial charge in [0.2, 0.25) is 11.8 Å². The Kier molecular flexibility index (Phi) is 8.55. The molecule has 0 amide bonds. The molecule has 0 saturated heterocycles. The zero-order valence-electron chi connectivity index (χ0n) is 17.5. The van der Waals surface area contributed by atoms with Gasteiger partial charge in [-0.05, 0) is 11.8 Å². The van der Waals surface area contributed by atoms with Gasteiger partial charge in [-0.25, -0.2) is 0 Å². The Balaban J connectivity index is 2.50. The Hall–Kier alpha value is -1.12. The topological polar surface area (TPSA) is 81.5 Å². The SMILES string of the molecule is CCCCC1(SCC(=O)O)C=CC(Cl)C(C)(C)C1Sc1nc(OC)cc(OC)n1. The smallest absolute Gasteiger partial charge is 0.313 e. The Bertz CT molecular complexity index is 725. The normalized spacial score (nSPS) is 25.6. The minimum absolute atomic E-state index is 0.0242. The fraction of sp³-hybridized carbons (Fsp3) is 0.650. The second kappa shape index (κ2) is 10.3. The van der Waals surface area contributed by atoms with Gasteiger partial charge in [-0.1, -0.05) is 57.5 Å². The largest absolute Gasteiger partial charge is 0.481 e. The zero-order chi connectivity index (χ0) is 21.7. The summed E-state index contributed by atoms with van der Waals surface area (Å²) >= 11 is 9.67. The van der Waals surface area contributed by atoms with E-state index in [1.165, 1.54) is 23.5 Å². The van der Waals surface area contributed by atoms with Gasteiger partial charge in [0, 0.05) is 10.00 Å². The first-order valence-electron chi connectivity index (χ1n) is 9.51. The number of unbranched alkanes of at least 4 members (excludes halogenated alkanes) is 1. The Morgan fingerprint density at radius 1 is 1.28 bits per heavy atom. The first kappa shape index (κ1) is 24.2. The number of aromatic nitrogens is 2. The highest BCUT2D eigenvalue weighted by atomic mass is 35.5. The van der Waals surface area contributed by atoms with Crippen molar-refractivity contribution in [2.75, 3.05) is 20.0 Å². The Morgan fingerprint density at radius 2 is 1.90 bits per heavy atom. The van der Waals surface area contributed by atoms with Crippen molar-refractivity contribution < 1.29 is 19.4 Å². The number of carboxylic acid groups (broad SMARTS) is 1. The molecule has 9 heteroatoms. The number of carbonyl (C=O) groups is 1. The highest BCUT2D eigenvalue weighted by molar-refractivity contribution is 8.04.